The highest BCUT2D eigenvalue weighted by Crippen LogP contribution is 2.19. The lowest BCUT2D eigenvalue weighted by molar-refractivity contribution is 0.0919. The van der Waals surface area contributed by atoms with Gasteiger partial charge in [0.2, 0.25) is 0 Å². The minimum absolute atomic E-state index is 0.180. The number of carbonyl (C=O) groups excluding carboxylic acids is 1. The molecule has 2 aromatic rings. The molecule has 1 fully saturated rings. The van der Waals surface area contributed by atoms with Crippen molar-refractivity contribution in [2.45, 2.75) is 0 Å². The van der Waals surface area contributed by atoms with Crippen molar-refractivity contribution in [3.63, 3.8) is 0 Å². The van der Waals surface area contributed by atoms with Gasteiger partial charge in [0.1, 0.15) is 0 Å². The average molecular weight is 413 g/mol. The van der Waals surface area contributed by atoms with Gasteiger partial charge in [-0.1, -0.05) is 11.6 Å². The van der Waals surface area contributed by atoms with E-state index in [0.29, 0.717) is 17.0 Å². The van der Waals surface area contributed by atoms with Gasteiger partial charge in [0.25, 0.3) is 5.91 Å². The van der Waals surface area contributed by atoms with E-state index in [2.05, 4.69) is 43.2 Å². The van der Waals surface area contributed by atoms with E-state index < -0.39 is 0 Å². The van der Waals surface area contributed by atoms with Crippen molar-refractivity contribution in [1.29, 1.82) is 0 Å². The largest absolute Gasteiger partial charge is 0.444 e. The smallest absolute Gasteiger partial charge is 0.287 e. The van der Waals surface area contributed by atoms with E-state index in [9.17, 15) is 4.79 Å². The van der Waals surface area contributed by atoms with Crippen LogP contribution in [0.3, 0.4) is 0 Å². The molecular weight excluding hydrogens is 394 g/mol. The first-order chi connectivity index (χ1) is 11.6. The molecule has 7 heteroatoms. The molecule has 1 aliphatic rings. The normalized spacial score (nSPS) is 15.5. The van der Waals surface area contributed by atoms with Crippen LogP contribution in [-0.4, -0.2) is 50.1 Å². The van der Waals surface area contributed by atoms with Crippen LogP contribution in [0.15, 0.2) is 45.5 Å². The molecule has 0 radical (unpaired) electrons. The summed E-state index contributed by atoms with van der Waals surface area (Å²) in [6.45, 7) is 5.34. The van der Waals surface area contributed by atoms with Crippen molar-refractivity contribution < 1.29 is 9.21 Å². The van der Waals surface area contributed by atoms with Crippen LogP contribution in [0.25, 0.3) is 0 Å². The maximum absolute atomic E-state index is 11.9. The zero-order valence-electron chi connectivity index (χ0n) is 13.2. The zero-order valence-corrected chi connectivity index (χ0v) is 15.5. The Bertz CT molecular complexity index is 681. The quantitative estimate of drug-likeness (QED) is 0.819. The van der Waals surface area contributed by atoms with Gasteiger partial charge in [-0.15, -0.1) is 0 Å². The summed E-state index contributed by atoms with van der Waals surface area (Å²) < 4.78 is 5.80. The van der Waals surface area contributed by atoms with Crippen LogP contribution in [0.2, 0.25) is 5.02 Å². The van der Waals surface area contributed by atoms with Crippen LogP contribution >= 0.6 is 27.5 Å². The Hall–Kier alpha value is -1.50. The highest BCUT2D eigenvalue weighted by atomic mass is 79.9. The van der Waals surface area contributed by atoms with E-state index in [4.69, 9.17) is 16.0 Å². The number of nitrogens with one attached hydrogen (secondary N) is 1. The van der Waals surface area contributed by atoms with E-state index in [1.54, 1.807) is 12.1 Å². The Balaban J connectivity index is 1.39. The van der Waals surface area contributed by atoms with Crippen molar-refractivity contribution in [3.8, 4) is 0 Å². The first kappa shape index (κ1) is 17.3. The summed E-state index contributed by atoms with van der Waals surface area (Å²) in [4.78, 5) is 16.6. The lowest BCUT2D eigenvalue weighted by atomic mass is 10.2. The SMILES string of the molecule is O=C(NCCN1CCN(c2ccc(Cl)cc2)CC1)c1ccc(Br)o1. The van der Waals surface area contributed by atoms with Crippen LogP contribution < -0.4 is 10.2 Å². The molecule has 1 aromatic carbocycles. The summed E-state index contributed by atoms with van der Waals surface area (Å²) >= 11 is 9.12. The summed E-state index contributed by atoms with van der Waals surface area (Å²) in [7, 11) is 0. The highest BCUT2D eigenvalue weighted by Gasteiger charge is 2.17. The molecule has 0 saturated carbocycles. The number of hydrogen-bond acceptors (Lipinski definition) is 4. The monoisotopic (exact) mass is 411 g/mol. The highest BCUT2D eigenvalue weighted by molar-refractivity contribution is 9.10. The maximum atomic E-state index is 11.9. The summed E-state index contributed by atoms with van der Waals surface area (Å²) in [5.74, 6) is 0.148. The van der Waals surface area contributed by atoms with E-state index in [1.165, 1.54) is 5.69 Å². The first-order valence-corrected chi connectivity index (χ1v) is 9.05. The average Bonchev–Trinajstić information content (AvgIpc) is 3.03. The molecule has 128 valence electrons. The number of nitrogens with zero attached hydrogens (tertiary/aromatic N) is 2. The number of rotatable bonds is 5. The molecule has 1 amide bonds. The van der Waals surface area contributed by atoms with Gasteiger partial charge in [0.05, 0.1) is 0 Å². The third kappa shape index (κ3) is 4.53. The number of benzene rings is 1. The van der Waals surface area contributed by atoms with Crippen molar-refractivity contribution in [2.75, 3.05) is 44.2 Å². The van der Waals surface area contributed by atoms with E-state index in [1.807, 2.05) is 12.1 Å². The molecule has 1 aliphatic heterocycles. The molecule has 0 bridgehead atoms. The van der Waals surface area contributed by atoms with Gasteiger partial charge in [-0.3, -0.25) is 9.69 Å². The maximum Gasteiger partial charge on any atom is 0.287 e. The first-order valence-electron chi connectivity index (χ1n) is 7.88. The minimum atomic E-state index is -0.180. The Labute approximate surface area is 154 Å². The summed E-state index contributed by atoms with van der Waals surface area (Å²) in [6.07, 6.45) is 0. The molecule has 5 nitrogen and oxygen atoms in total. The third-order valence-electron chi connectivity index (χ3n) is 4.07. The van der Waals surface area contributed by atoms with Crippen molar-refractivity contribution >= 4 is 39.1 Å². The molecule has 0 aliphatic carbocycles. The number of piperazine rings is 1. The zero-order chi connectivity index (χ0) is 16.9. The molecule has 1 N–H and O–H groups in total. The number of furan rings is 1. The number of amides is 1. The third-order valence-corrected chi connectivity index (χ3v) is 4.75. The minimum Gasteiger partial charge on any atom is -0.444 e. The summed E-state index contributed by atoms with van der Waals surface area (Å²) in [6, 6.07) is 11.3. The van der Waals surface area contributed by atoms with Crippen molar-refractivity contribution in [2.24, 2.45) is 0 Å². The molecule has 0 atom stereocenters. The van der Waals surface area contributed by atoms with Gasteiger partial charge in [0, 0.05) is 50.0 Å². The van der Waals surface area contributed by atoms with Crippen LogP contribution in [-0.2, 0) is 0 Å². The number of carbonyl (C=O) groups is 1. The molecule has 0 unspecified atom stereocenters. The molecule has 3 rings (SSSR count). The molecule has 1 aromatic heterocycles. The second-order valence-corrected chi connectivity index (χ2v) is 6.88. The van der Waals surface area contributed by atoms with Gasteiger partial charge in [-0.05, 0) is 52.3 Å². The second-order valence-electron chi connectivity index (χ2n) is 5.66. The molecule has 2 heterocycles. The standard InChI is InChI=1S/C17H19BrClN3O2/c18-16-6-5-15(24-16)17(23)20-7-8-21-9-11-22(12-10-21)14-3-1-13(19)2-4-14/h1-6H,7-12H2,(H,20,23). The van der Waals surface area contributed by atoms with Gasteiger partial charge in [-0.2, -0.15) is 0 Å². The number of anilines is 1. The van der Waals surface area contributed by atoms with Crippen LogP contribution in [0, 0.1) is 0 Å². The number of hydrogen-bond donors (Lipinski definition) is 1. The molecular formula is C17H19BrClN3O2. The Morgan fingerprint density at radius 3 is 2.46 bits per heavy atom. The van der Waals surface area contributed by atoms with E-state index >= 15 is 0 Å². The Morgan fingerprint density at radius 1 is 1.12 bits per heavy atom. The van der Waals surface area contributed by atoms with Gasteiger partial charge in [0.15, 0.2) is 10.4 Å². The summed E-state index contributed by atoms with van der Waals surface area (Å²) in [5.41, 5.74) is 1.20. The predicted molar refractivity (Wildman–Crippen MR) is 98.8 cm³/mol. The van der Waals surface area contributed by atoms with Gasteiger partial charge < -0.3 is 14.6 Å². The summed E-state index contributed by atoms with van der Waals surface area (Å²) in [5, 5.41) is 3.65. The van der Waals surface area contributed by atoms with Gasteiger partial charge in [-0.25, -0.2) is 0 Å². The topological polar surface area (TPSA) is 48.7 Å². The number of halogens is 2. The lowest BCUT2D eigenvalue weighted by Crippen LogP contribution is -2.48. The molecule has 0 spiro atoms. The van der Waals surface area contributed by atoms with Crippen molar-refractivity contribution in [1.82, 2.24) is 10.2 Å². The fourth-order valence-electron chi connectivity index (χ4n) is 2.73. The van der Waals surface area contributed by atoms with Crippen LogP contribution in [0.4, 0.5) is 5.69 Å². The van der Waals surface area contributed by atoms with Crippen LogP contribution in [0.1, 0.15) is 10.6 Å². The fourth-order valence-corrected chi connectivity index (χ4v) is 3.17. The predicted octanol–water partition coefficient (Wildman–Crippen LogP) is 3.25. The fraction of sp³-hybridized carbons (Fsp3) is 0.353. The molecule has 1 saturated heterocycles. The second kappa shape index (κ2) is 8.05. The molecule has 24 heavy (non-hydrogen) atoms. The van der Waals surface area contributed by atoms with E-state index in [0.717, 1.165) is 37.7 Å². The Morgan fingerprint density at radius 2 is 1.83 bits per heavy atom. The van der Waals surface area contributed by atoms with Gasteiger partial charge >= 0.3 is 0 Å². The van der Waals surface area contributed by atoms with Crippen molar-refractivity contribution in [3.05, 3.63) is 51.9 Å². The van der Waals surface area contributed by atoms with Crippen LogP contribution in [0.5, 0.6) is 0 Å². The lowest BCUT2D eigenvalue weighted by Gasteiger charge is -2.36. The van der Waals surface area contributed by atoms with E-state index in [-0.39, 0.29) is 5.91 Å². The Kier molecular flexibility index (Phi) is 5.81.